The van der Waals surface area contributed by atoms with Crippen LogP contribution in [0.3, 0.4) is 0 Å². The van der Waals surface area contributed by atoms with Gasteiger partial charge in [0, 0.05) is 25.8 Å². The maximum atomic E-state index is 13.4. The van der Waals surface area contributed by atoms with Crippen LogP contribution in [0.1, 0.15) is 74.4 Å². The van der Waals surface area contributed by atoms with Crippen molar-refractivity contribution in [1.82, 2.24) is 19.8 Å². The Labute approximate surface area is 265 Å². The van der Waals surface area contributed by atoms with E-state index in [9.17, 15) is 14.3 Å². The van der Waals surface area contributed by atoms with Crippen molar-refractivity contribution >= 4 is 5.91 Å². The molecule has 0 aliphatic heterocycles. The summed E-state index contributed by atoms with van der Waals surface area (Å²) in [4.78, 5) is 19.1. The molecule has 0 spiro atoms. The molecule has 0 aliphatic rings. The first-order chi connectivity index (χ1) is 21.3. The third-order valence-corrected chi connectivity index (χ3v) is 5.34. The highest BCUT2D eigenvalue weighted by Gasteiger charge is 2.20. The van der Waals surface area contributed by atoms with E-state index in [1.165, 1.54) is 19.1 Å². The largest absolute Gasteiger partial charge is 0.504 e. The third kappa shape index (κ3) is 15.3. The number of benzene rings is 1. The lowest BCUT2D eigenvalue weighted by molar-refractivity contribution is -0.128. The van der Waals surface area contributed by atoms with Crippen molar-refractivity contribution in [1.29, 1.82) is 0 Å². The molecule has 8 heteroatoms. The number of amides is 1. The van der Waals surface area contributed by atoms with Crippen molar-refractivity contribution in [2.75, 3.05) is 13.1 Å². The van der Waals surface area contributed by atoms with Crippen LogP contribution >= 0.6 is 0 Å². The molecule has 2 N–H and O–H groups in total. The molecule has 244 valence electrons. The number of nitrogens with zero attached hydrogens (tertiary/aromatic N) is 3. The van der Waals surface area contributed by atoms with Crippen LogP contribution in [0.2, 0.25) is 0 Å². The van der Waals surface area contributed by atoms with Gasteiger partial charge in [-0.2, -0.15) is 0 Å². The molecule has 2 aromatic rings. The number of aromatic nitrogens is 2. The van der Waals surface area contributed by atoms with E-state index in [-0.39, 0.29) is 29.8 Å². The summed E-state index contributed by atoms with van der Waals surface area (Å²) in [5.41, 5.74) is 2.08. The first kappa shape index (κ1) is 42.0. The molecule has 0 atom stereocenters. The molecule has 0 unspecified atom stereocenters. The van der Waals surface area contributed by atoms with Gasteiger partial charge in [0.05, 0.1) is 30.1 Å². The van der Waals surface area contributed by atoms with E-state index in [1.54, 1.807) is 66.0 Å². The maximum Gasteiger partial charge on any atom is 0.241 e. The van der Waals surface area contributed by atoms with Crippen LogP contribution in [0.5, 0.6) is 11.5 Å². The average Bonchev–Trinajstić information content (AvgIpc) is 3.47. The van der Waals surface area contributed by atoms with Crippen molar-refractivity contribution in [3.05, 3.63) is 115 Å². The van der Waals surface area contributed by atoms with Crippen LogP contribution in [0.4, 0.5) is 4.39 Å². The smallest absolute Gasteiger partial charge is 0.241 e. The molecular formula is C36H55FN4O3. The predicted octanol–water partition coefficient (Wildman–Crippen LogP) is 9.03. The number of para-hydroxylation sites is 2. The molecule has 1 aromatic heterocycles. The standard InChI is InChI=1S/C30H37FN4O3.3C2H6/c1-6-12-24(17-23(5)31)21-34-22-33-19-25(34)18-32-20-30(37)35(16-8-3)26(9-4)28(13-7-2)38-29-15-11-10-14-27(29)36;3*1-2/h6-7,9-15,17,19,22,32,36H,1,4,8,16,18,20-21H2,2-3,5H3;3*1-2H3/b13-7-,23-17+,24-12+,28-26-;;;. The van der Waals surface area contributed by atoms with Gasteiger partial charge in [-0.25, -0.2) is 9.37 Å². The minimum absolute atomic E-state index is 0.00665. The number of hydrogen-bond acceptors (Lipinski definition) is 5. The Morgan fingerprint density at radius 1 is 1.16 bits per heavy atom. The summed E-state index contributed by atoms with van der Waals surface area (Å²) in [5, 5.41) is 13.3. The molecule has 1 aromatic carbocycles. The van der Waals surface area contributed by atoms with E-state index in [0.717, 1.165) is 17.7 Å². The fraction of sp³-hybridized carbons (Fsp3) is 0.389. The Hall–Kier alpha value is -4.17. The zero-order valence-electron chi connectivity index (χ0n) is 28.4. The molecule has 1 heterocycles. The van der Waals surface area contributed by atoms with E-state index in [1.807, 2.05) is 60.0 Å². The minimum Gasteiger partial charge on any atom is -0.504 e. The van der Waals surface area contributed by atoms with Crippen LogP contribution < -0.4 is 10.1 Å². The lowest BCUT2D eigenvalue weighted by atomic mass is 10.2. The Morgan fingerprint density at radius 2 is 1.82 bits per heavy atom. The predicted molar refractivity (Wildman–Crippen MR) is 184 cm³/mol. The summed E-state index contributed by atoms with van der Waals surface area (Å²) in [6.07, 6.45) is 14.0. The Morgan fingerprint density at radius 3 is 2.36 bits per heavy atom. The zero-order chi connectivity index (χ0) is 33.9. The molecule has 44 heavy (non-hydrogen) atoms. The number of phenolic OH excluding ortho intramolecular Hbond substituents is 1. The van der Waals surface area contributed by atoms with Crippen LogP contribution in [0.25, 0.3) is 0 Å². The highest BCUT2D eigenvalue weighted by molar-refractivity contribution is 5.80. The second-order valence-electron chi connectivity index (χ2n) is 8.39. The SMILES string of the molecule is C=C/C=C(\C=C(/C)F)Cn1cncc1CNCC(=O)N(CCC)/C(C=C)=C(/C=C\C)Oc1ccccc1O.CC.CC.CC. The molecule has 0 saturated carbocycles. The van der Waals surface area contributed by atoms with Gasteiger partial charge in [0.25, 0.3) is 0 Å². The molecule has 0 aliphatic carbocycles. The highest BCUT2D eigenvalue weighted by atomic mass is 19.1. The van der Waals surface area contributed by atoms with Crippen molar-refractivity contribution in [2.24, 2.45) is 0 Å². The maximum absolute atomic E-state index is 13.4. The van der Waals surface area contributed by atoms with Crippen LogP contribution in [-0.4, -0.2) is 38.6 Å². The first-order valence-electron chi connectivity index (χ1n) is 15.4. The highest BCUT2D eigenvalue weighted by Crippen LogP contribution is 2.28. The number of nitrogens with one attached hydrogen (secondary N) is 1. The number of hydrogen-bond donors (Lipinski definition) is 2. The number of carbonyl (C=O) groups is 1. The number of carbonyl (C=O) groups excluding carboxylic acids is 1. The fourth-order valence-corrected chi connectivity index (χ4v) is 3.71. The van der Waals surface area contributed by atoms with Gasteiger partial charge in [-0.15, -0.1) is 0 Å². The number of imidazole rings is 1. The Balaban J connectivity index is 0. The van der Waals surface area contributed by atoms with E-state index < -0.39 is 0 Å². The van der Waals surface area contributed by atoms with Gasteiger partial charge in [0.15, 0.2) is 17.3 Å². The van der Waals surface area contributed by atoms with Crippen LogP contribution in [0, 0.1) is 0 Å². The minimum atomic E-state index is -0.297. The molecule has 0 radical (unpaired) electrons. The van der Waals surface area contributed by atoms with Gasteiger partial charge in [0.1, 0.15) is 0 Å². The lowest BCUT2D eigenvalue weighted by Gasteiger charge is -2.25. The van der Waals surface area contributed by atoms with Crippen molar-refractivity contribution in [3.8, 4) is 11.5 Å². The molecule has 0 fully saturated rings. The molecule has 2 rings (SSSR count). The van der Waals surface area contributed by atoms with E-state index in [0.29, 0.717) is 31.1 Å². The van der Waals surface area contributed by atoms with E-state index >= 15 is 0 Å². The van der Waals surface area contributed by atoms with Crippen molar-refractivity contribution in [3.63, 3.8) is 0 Å². The lowest BCUT2D eigenvalue weighted by Crippen LogP contribution is -2.38. The number of rotatable bonds is 15. The summed E-state index contributed by atoms with van der Waals surface area (Å²) in [5.74, 6) is 0.195. The normalized spacial score (nSPS) is 11.5. The molecule has 0 saturated heterocycles. The number of ether oxygens (including phenoxy) is 1. The summed E-state index contributed by atoms with van der Waals surface area (Å²) >= 11 is 0. The number of allylic oxidation sites excluding steroid dienone is 8. The van der Waals surface area contributed by atoms with Gasteiger partial charge >= 0.3 is 0 Å². The number of halogens is 1. The topological polar surface area (TPSA) is 79.6 Å². The third-order valence-electron chi connectivity index (χ3n) is 5.34. The molecule has 7 nitrogen and oxygen atoms in total. The summed E-state index contributed by atoms with van der Waals surface area (Å²) in [7, 11) is 0. The fourth-order valence-electron chi connectivity index (χ4n) is 3.71. The first-order valence-corrected chi connectivity index (χ1v) is 15.4. The van der Waals surface area contributed by atoms with E-state index in [4.69, 9.17) is 4.74 Å². The van der Waals surface area contributed by atoms with Gasteiger partial charge in [-0.1, -0.05) is 92.0 Å². The van der Waals surface area contributed by atoms with Crippen LogP contribution in [0.15, 0.2) is 109 Å². The second kappa shape index (κ2) is 26.5. The van der Waals surface area contributed by atoms with E-state index in [2.05, 4.69) is 23.5 Å². The van der Waals surface area contributed by atoms with Gasteiger partial charge in [-0.05, 0) is 56.2 Å². The quantitative estimate of drug-likeness (QED) is 0.155. The zero-order valence-corrected chi connectivity index (χ0v) is 28.4. The van der Waals surface area contributed by atoms with Gasteiger partial charge in [0.2, 0.25) is 5.91 Å². The van der Waals surface area contributed by atoms with Crippen LogP contribution in [-0.2, 0) is 17.9 Å². The number of phenols is 1. The Kier molecular flexibility index (Phi) is 25.2. The summed E-state index contributed by atoms with van der Waals surface area (Å²) < 4.78 is 21.3. The summed E-state index contributed by atoms with van der Waals surface area (Å²) in [6.45, 7) is 26.1. The van der Waals surface area contributed by atoms with Gasteiger partial charge < -0.3 is 24.6 Å². The second-order valence-corrected chi connectivity index (χ2v) is 8.39. The number of aromatic hydroxyl groups is 1. The summed E-state index contributed by atoms with van der Waals surface area (Å²) in [6, 6.07) is 6.64. The average molecular weight is 611 g/mol. The molecular weight excluding hydrogens is 555 g/mol. The molecule has 0 bridgehead atoms. The van der Waals surface area contributed by atoms with Crippen molar-refractivity contribution in [2.45, 2.75) is 81.8 Å². The molecule has 1 amide bonds. The Bertz CT molecular complexity index is 1220. The van der Waals surface area contributed by atoms with Crippen molar-refractivity contribution < 1.29 is 19.0 Å². The monoisotopic (exact) mass is 610 g/mol. The van der Waals surface area contributed by atoms with Gasteiger partial charge in [-0.3, -0.25) is 4.79 Å².